The van der Waals surface area contributed by atoms with E-state index in [0.717, 1.165) is 11.3 Å². The Morgan fingerprint density at radius 1 is 1.33 bits per heavy atom. The highest BCUT2D eigenvalue weighted by Crippen LogP contribution is 2.21. The molecule has 0 fully saturated rings. The minimum atomic E-state index is 0. The lowest BCUT2D eigenvalue weighted by atomic mass is 10.3. The van der Waals surface area contributed by atoms with Gasteiger partial charge >= 0.3 is 0 Å². The Kier molecular flexibility index (Phi) is 5.43. The van der Waals surface area contributed by atoms with Crippen LogP contribution in [0.15, 0.2) is 18.2 Å². The summed E-state index contributed by atoms with van der Waals surface area (Å²) in [6.07, 6.45) is 0.703. The van der Waals surface area contributed by atoms with E-state index in [2.05, 4.69) is 9.97 Å². The van der Waals surface area contributed by atoms with Crippen LogP contribution in [0.3, 0.4) is 0 Å². The number of nitrogens with one attached hydrogen (secondary N) is 1. The van der Waals surface area contributed by atoms with Gasteiger partial charge < -0.3 is 15.8 Å². The minimum Gasteiger partial charge on any atom is -0.506 e. The molecule has 1 heterocycles. The van der Waals surface area contributed by atoms with Crippen LogP contribution in [-0.4, -0.2) is 21.6 Å². The fraction of sp³-hybridized carbons (Fsp3) is 0.222. The third-order valence-electron chi connectivity index (χ3n) is 1.92. The smallest absolute Gasteiger partial charge is 0.143 e. The van der Waals surface area contributed by atoms with Gasteiger partial charge in [0.2, 0.25) is 0 Å². The highest BCUT2D eigenvalue weighted by molar-refractivity contribution is 5.85. The molecule has 6 heteroatoms. The molecule has 15 heavy (non-hydrogen) atoms. The van der Waals surface area contributed by atoms with Crippen molar-refractivity contribution in [2.45, 2.75) is 6.42 Å². The Labute approximate surface area is 99.7 Å². The van der Waals surface area contributed by atoms with E-state index in [1.807, 2.05) is 6.07 Å². The standard InChI is InChI=1S/C9H11N3O.2ClH/c10-5-4-8-11-6-2-1-3-7(13)9(6)12-8;;/h1-3,13H,4-5,10H2,(H,11,12);2*1H. The predicted molar refractivity (Wildman–Crippen MR) is 65.0 cm³/mol. The van der Waals surface area contributed by atoms with E-state index in [1.165, 1.54) is 0 Å². The zero-order valence-electron chi connectivity index (χ0n) is 7.93. The minimum absolute atomic E-state index is 0. The molecule has 0 aliphatic carbocycles. The number of nitrogens with zero attached hydrogens (tertiary/aromatic N) is 1. The summed E-state index contributed by atoms with van der Waals surface area (Å²) in [7, 11) is 0. The lowest BCUT2D eigenvalue weighted by Crippen LogP contribution is -2.03. The van der Waals surface area contributed by atoms with Crippen molar-refractivity contribution in [1.29, 1.82) is 0 Å². The number of H-pyrrole nitrogens is 1. The molecule has 84 valence electrons. The molecular weight excluding hydrogens is 237 g/mol. The van der Waals surface area contributed by atoms with Gasteiger partial charge in [-0.2, -0.15) is 0 Å². The van der Waals surface area contributed by atoms with Crippen LogP contribution < -0.4 is 5.73 Å². The van der Waals surface area contributed by atoms with Gasteiger partial charge in [0.1, 0.15) is 17.1 Å². The summed E-state index contributed by atoms with van der Waals surface area (Å²) in [5.41, 5.74) is 6.86. The van der Waals surface area contributed by atoms with Gasteiger partial charge in [0.25, 0.3) is 0 Å². The van der Waals surface area contributed by atoms with Crippen LogP contribution in [-0.2, 0) is 6.42 Å². The molecule has 0 saturated heterocycles. The molecule has 0 aliphatic rings. The number of hydrogen-bond donors (Lipinski definition) is 3. The van der Waals surface area contributed by atoms with Gasteiger partial charge in [-0.05, 0) is 18.7 Å². The highest BCUT2D eigenvalue weighted by Gasteiger charge is 2.04. The van der Waals surface area contributed by atoms with Crippen molar-refractivity contribution < 1.29 is 5.11 Å². The van der Waals surface area contributed by atoms with Crippen LogP contribution in [0.2, 0.25) is 0 Å². The van der Waals surface area contributed by atoms with Crippen molar-refractivity contribution >= 4 is 35.8 Å². The van der Waals surface area contributed by atoms with Gasteiger partial charge in [-0.15, -0.1) is 24.8 Å². The number of hydrogen-bond acceptors (Lipinski definition) is 3. The summed E-state index contributed by atoms with van der Waals surface area (Å²) in [5.74, 6) is 1.02. The molecule has 2 rings (SSSR count). The molecule has 1 aromatic carbocycles. The SMILES string of the molecule is Cl.Cl.NCCc1nc2c(O)cccc2[nH]1. The van der Waals surface area contributed by atoms with Crippen molar-refractivity contribution in [2.24, 2.45) is 5.73 Å². The number of halogens is 2. The Bertz CT molecular complexity index is 430. The van der Waals surface area contributed by atoms with Gasteiger partial charge in [-0.1, -0.05) is 6.07 Å². The zero-order chi connectivity index (χ0) is 9.26. The first-order chi connectivity index (χ1) is 6.31. The number of phenolic OH excluding ortho intramolecular Hbond substituents is 1. The second-order valence-corrected chi connectivity index (χ2v) is 2.90. The number of phenols is 1. The van der Waals surface area contributed by atoms with Crippen LogP contribution in [0.5, 0.6) is 5.75 Å². The summed E-state index contributed by atoms with van der Waals surface area (Å²) < 4.78 is 0. The summed E-state index contributed by atoms with van der Waals surface area (Å²) in [6, 6.07) is 5.28. The van der Waals surface area contributed by atoms with Gasteiger partial charge in [-0.3, -0.25) is 0 Å². The molecule has 0 radical (unpaired) electrons. The van der Waals surface area contributed by atoms with E-state index in [4.69, 9.17) is 5.73 Å². The van der Waals surface area contributed by atoms with Gasteiger partial charge in [0, 0.05) is 6.42 Å². The predicted octanol–water partition coefficient (Wildman–Crippen LogP) is 1.61. The Morgan fingerprint density at radius 3 is 2.67 bits per heavy atom. The molecule has 0 aliphatic heterocycles. The lowest BCUT2D eigenvalue weighted by molar-refractivity contribution is 0.480. The molecule has 0 amide bonds. The summed E-state index contributed by atoms with van der Waals surface area (Å²) >= 11 is 0. The Balaban J connectivity index is 0.000000980. The average Bonchev–Trinajstić information content (AvgIpc) is 2.49. The molecule has 2 aromatic rings. The summed E-state index contributed by atoms with van der Waals surface area (Å²) in [5, 5.41) is 9.44. The second kappa shape index (κ2) is 5.80. The van der Waals surface area contributed by atoms with E-state index in [1.54, 1.807) is 12.1 Å². The number of nitrogens with two attached hydrogens (primary N) is 1. The molecule has 0 atom stereocenters. The highest BCUT2D eigenvalue weighted by atomic mass is 35.5. The lowest BCUT2D eigenvalue weighted by Gasteiger charge is -1.89. The fourth-order valence-corrected chi connectivity index (χ4v) is 1.32. The van der Waals surface area contributed by atoms with Crippen molar-refractivity contribution in [3.8, 4) is 5.75 Å². The van der Waals surface area contributed by atoms with E-state index in [9.17, 15) is 5.11 Å². The van der Waals surface area contributed by atoms with Crippen LogP contribution in [0.25, 0.3) is 11.0 Å². The molecule has 4 nitrogen and oxygen atoms in total. The molecule has 0 unspecified atom stereocenters. The number of benzene rings is 1. The van der Waals surface area contributed by atoms with Crippen molar-refractivity contribution in [3.63, 3.8) is 0 Å². The topological polar surface area (TPSA) is 74.9 Å². The zero-order valence-corrected chi connectivity index (χ0v) is 9.57. The molecular formula is C9H13Cl2N3O. The van der Waals surface area contributed by atoms with E-state index in [-0.39, 0.29) is 30.6 Å². The number of aromatic nitrogens is 2. The Hall–Kier alpha value is -0.970. The van der Waals surface area contributed by atoms with Crippen molar-refractivity contribution in [1.82, 2.24) is 9.97 Å². The second-order valence-electron chi connectivity index (χ2n) is 2.90. The molecule has 0 bridgehead atoms. The number of imidazole rings is 1. The number of aromatic amines is 1. The third-order valence-corrected chi connectivity index (χ3v) is 1.92. The Morgan fingerprint density at radius 2 is 2.07 bits per heavy atom. The van der Waals surface area contributed by atoms with E-state index < -0.39 is 0 Å². The first-order valence-electron chi connectivity index (χ1n) is 4.18. The number of para-hydroxylation sites is 1. The summed E-state index contributed by atoms with van der Waals surface area (Å²) in [4.78, 5) is 7.30. The van der Waals surface area contributed by atoms with Gasteiger partial charge in [0.05, 0.1) is 5.52 Å². The molecule has 0 spiro atoms. The number of aromatic hydroxyl groups is 1. The van der Waals surface area contributed by atoms with E-state index >= 15 is 0 Å². The monoisotopic (exact) mass is 249 g/mol. The number of rotatable bonds is 2. The first kappa shape index (κ1) is 14.0. The van der Waals surface area contributed by atoms with E-state index in [0.29, 0.717) is 18.5 Å². The average molecular weight is 250 g/mol. The van der Waals surface area contributed by atoms with Crippen LogP contribution in [0.4, 0.5) is 0 Å². The maximum atomic E-state index is 9.44. The van der Waals surface area contributed by atoms with Crippen molar-refractivity contribution in [3.05, 3.63) is 24.0 Å². The first-order valence-corrected chi connectivity index (χ1v) is 4.18. The maximum absolute atomic E-state index is 9.44. The van der Waals surface area contributed by atoms with Crippen LogP contribution in [0, 0.1) is 0 Å². The molecule has 4 N–H and O–H groups in total. The number of fused-ring (bicyclic) bond motifs is 1. The maximum Gasteiger partial charge on any atom is 0.143 e. The van der Waals surface area contributed by atoms with Gasteiger partial charge in [0.15, 0.2) is 0 Å². The quantitative estimate of drug-likeness (QED) is 0.758. The summed E-state index contributed by atoms with van der Waals surface area (Å²) in [6.45, 7) is 0.556. The van der Waals surface area contributed by atoms with Crippen LogP contribution >= 0.6 is 24.8 Å². The largest absolute Gasteiger partial charge is 0.506 e. The molecule has 0 saturated carbocycles. The van der Waals surface area contributed by atoms with Crippen LogP contribution in [0.1, 0.15) is 5.82 Å². The van der Waals surface area contributed by atoms with Gasteiger partial charge in [-0.25, -0.2) is 4.98 Å². The normalized spacial score (nSPS) is 9.40. The fourth-order valence-electron chi connectivity index (χ4n) is 1.32. The molecule has 1 aromatic heterocycles. The van der Waals surface area contributed by atoms with Crippen molar-refractivity contribution in [2.75, 3.05) is 6.54 Å². The third kappa shape index (κ3) is 2.75.